The Balaban J connectivity index is 1.29. The van der Waals surface area contributed by atoms with Crippen molar-refractivity contribution < 1.29 is 0 Å². The van der Waals surface area contributed by atoms with Gasteiger partial charge in [-0.2, -0.15) is 0 Å². The van der Waals surface area contributed by atoms with E-state index >= 15 is 0 Å². The minimum Gasteiger partial charge on any atom is -0.310 e. The third-order valence-electron chi connectivity index (χ3n) is 11.0. The Morgan fingerprint density at radius 1 is 0.224 bits per heavy atom. The van der Waals surface area contributed by atoms with Gasteiger partial charge in [-0.1, -0.05) is 109 Å². The minimum absolute atomic E-state index is 1.11. The number of hydrogen-bond donors (Lipinski definition) is 0. The van der Waals surface area contributed by atoms with Crippen molar-refractivity contribution in [2.45, 2.75) is 34.6 Å². The molecule has 0 atom stereocenters. The second-order valence-electron chi connectivity index (χ2n) is 15.5. The van der Waals surface area contributed by atoms with Crippen LogP contribution < -0.4 is 14.7 Å². The topological polar surface area (TPSA) is 9.72 Å². The number of nitrogens with zero attached hydrogens (tertiary/aromatic N) is 3. The summed E-state index contributed by atoms with van der Waals surface area (Å²) in [6, 6.07) is 71.0. The van der Waals surface area contributed by atoms with Crippen LogP contribution >= 0.6 is 0 Å². The van der Waals surface area contributed by atoms with E-state index < -0.39 is 0 Å². The lowest BCUT2D eigenvalue weighted by molar-refractivity contribution is 1.26. The molecule has 0 aliphatic carbocycles. The molecule has 282 valence electrons. The molecule has 9 aromatic rings. The smallest absolute Gasteiger partial charge is 0.0541 e. The van der Waals surface area contributed by atoms with Crippen LogP contribution in [0.3, 0.4) is 0 Å². The normalized spacial score (nSPS) is 11.2. The molecule has 0 radical (unpaired) electrons. The van der Waals surface area contributed by atoms with Gasteiger partial charge >= 0.3 is 0 Å². The third kappa shape index (κ3) is 6.97. The molecule has 3 heteroatoms. The molecule has 0 heterocycles. The Hall–Kier alpha value is -7.10. The maximum absolute atomic E-state index is 2.46. The molecule has 9 rings (SSSR count). The zero-order chi connectivity index (χ0) is 39.8. The molecule has 0 aliphatic heterocycles. The lowest BCUT2D eigenvalue weighted by atomic mass is 10.00. The maximum Gasteiger partial charge on any atom is 0.0541 e. The molecule has 58 heavy (non-hydrogen) atoms. The van der Waals surface area contributed by atoms with Crippen molar-refractivity contribution in [3.63, 3.8) is 0 Å². The van der Waals surface area contributed by atoms with Gasteiger partial charge in [-0.15, -0.1) is 0 Å². The van der Waals surface area contributed by atoms with Crippen molar-refractivity contribution >= 4 is 72.7 Å². The SMILES string of the molecule is Cc1cccc(N(c2cccc(C)c2)c2cccc3c(N(c4cccc(C)c4)c4cccc5c(N(c6cccc(C)c6)c6cccc(C)c6)cccc45)cccc23)c1. The predicted molar refractivity (Wildman–Crippen MR) is 249 cm³/mol. The molecule has 9 aromatic carbocycles. The van der Waals surface area contributed by atoms with E-state index in [4.69, 9.17) is 0 Å². The van der Waals surface area contributed by atoms with Gasteiger partial charge in [0.2, 0.25) is 0 Å². The summed E-state index contributed by atoms with van der Waals surface area (Å²) in [4.78, 5) is 7.26. The fraction of sp³-hybridized carbons (Fsp3) is 0.0909. The van der Waals surface area contributed by atoms with Crippen LogP contribution in [0.2, 0.25) is 0 Å². The first-order chi connectivity index (χ1) is 28.3. The molecule has 0 aliphatic rings. The van der Waals surface area contributed by atoms with Crippen molar-refractivity contribution in [2.75, 3.05) is 14.7 Å². The van der Waals surface area contributed by atoms with Crippen LogP contribution in [0.5, 0.6) is 0 Å². The molecule has 0 N–H and O–H groups in total. The average molecular weight is 750 g/mol. The van der Waals surface area contributed by atoms with Crippen molar-refractivity contribution in [3.8, 4) is 0 Å². The highest BCUT2D eigenvalue weighted by Crippen LogP contribution is 2.48. The Labute approximate surface area is 342 Å². The van der Waals surface area contributed by atoms with Crippen molar-refractivity contribution in [1.82, 2.24) is 0 Å². The summed E-state index contributed by atoms with van der Waals surface area (Å²) in [6.45, 7) is 10.8. The first-order valence-corrected chi connectivity index (χ1v) is 20.1. The molecule has 0 saturated carbocycles. The van der Waals surface area contributed by atoms with E-state index in [1.807, 2.05) is 0 Å². The van der Waals surface area contributed by atoms with Crippen LogP contribution in [0.25, 0.3) is 21.5 Å². The van der Waals surface area contributed by atoms with Gasteiger partial charge in [0.25, 0.3) is 0 Å². The van der Waals surface area contributed by atoms with Gasteiger partial charge in [-0.3, -0.25) is 0 Å². The molecule has 0 spiro atoms. The highest BCUT2D eigenvalue weighted by Gasteiger charge is 2.23. The lowest BCUT2D eigenvalue weighted by Gasteiger charge is -2.31. The number of aryl methyl sites for hydroxylation is 5. The molecule has 0 saturated heterocycles. The van der Waals surface area contributed by atoms with Crippen LogP contribution in [0, 0.1) is 34.6 Å². The molecule has 0 bridgehead atoms. The number of fused-ring (bicyclic) bond motifs is 2. The number of anilines is 9. The quantitative estimate of drug-likeness (QED) is 0.145. The largest absolute Gasteiger partial charge is 0.310 e. The molecule has 0 aromatic heterocycles. The number of rotatable bonds is 9. The molecule has 0 fully saturated rings. The lowest BCUT2D eigenvalue weighted by Crippen LogP contribution is -2.14. The van der Waals surface area contributed by atoms with E-state index in [1.54, 1.807) is 0 Å². The summed E-state index contributed by atoms with van der Waals surface area (Å²) in [5.74, 6) is 0. The van der Waals surface area contributed by atoms with E-state index in [0.29, 0.717) is 0 Å². The average Bonchev–Trinajstić information content (AvgIpc) is 3.22. The number of hydrogen-bond acceptors (Lipinski definition) is 3. The van der Waals surface area contributed by atoms with Gasteiger partial charge in [0.1, 0.15) is 0 Å². The first-order valence-electron chi connectivity index (χ1n) is 20.1. The molecule has 3 nitrogen and oxygen atoms in total. The minimum atomic E-state index is 1.11. The summed E-state index contributed by atoms with van der Waals surface area (Å²) in [5.41, 5.74) is 16.2. The van der Waals surface area contributed by atoms with Crippen molar-refractivity contribution in [3.05, 3.63) is 222 Å². The highest BCUT2D eigenvalue weighted by molar-refractivity contribution is 6.11. The summed E-state index contributed by atoms with van der Waals surface area (Å²) < 4.78 is 0. The van der Waals surface area contributed by atoms with Gasteiger partial charge in [0, 0.05) is 50.0 Å². The van der Waals surface area contributed by atoms with Gasteiger partial charge in [0.05, 0.1) is 22.7 Å². The molecular formula is C55H47N3. The van der Waals surface area contributed by atoms with Crippen LogP contribution in [-0.2, 0) is 0 Å². The zero-order valence-corrected chi connectivity index (χ0v) is 33.8. The highest BCUT2D eigenvalue weighted by atomic mass is 15.2. The van der Waals surface area contributed by atoms with Crippen molar-refractivity contribution in [1.29, 1.82) is 0 Å². The summed E-state index contributed by atoms with van der Waals surface area (Å²) in [5, 5.41) is 4.68. The van der Waals surface area contributed by atoms with E-state index in [0.717, 1.165) is 51.2 Å². The van der Waals surface area contributed by atoms with Crippen LogP contribution in [0.1, 0.15) is 27.8 Å². The van der Waals surface area contributed by atoms with Gasteiger partial charge in [-0.05, 0) is 147 Å². The monoisotopic (exact) mass is 749 g/mol. The summed E-state index contributed by atoms with van der Waals surface area (Å²) in [7, 11) is 0. The van der Waals surface area contributed by atoms with E-state index in [-0.39, 0.29) is 0 Å². The Kier molecular flexibility index (Phi) is 9.73. The van der Waals surface area contributed by atoms with Crippen LogP contribution in [-0.4, -0.2) is 0 Å². The summed E-state index contributed by atoms with van der Waals surface area (Å²) >= 11 is 0. The Morgan fingerprint density at radius 3 is 0.672 bits per heavy atom. The van der Waals surface area contributed by atoms with E-state index in [2.05, 4.69) is 243 Å². The van der Waals surface area contributed by atoms with Gasteiger partial charge < -0.3 is 14.7 Å². The predicted octanol–water partition coefficient (Wildman–Crippen LogP) is 15.9. The molecule has 0 amide bonds. The Bertz CT molecular complexity index is 2670. The van der Waals surface area contributed by atoms with E-state index in [1.165, 1.54) is 49.4 Å². The second-order valence-corrected chi connectivity index (χ2v) is 15.5. The molecular weight excluding hydrogens is 703 g/mol. The fourth-order valence-corrected chi connectivity index (χ4v) is 8.43. The van der Waals surface area contributed by atoms with E-state index in [9.17, 15) is 0 Å². The standard InChI is InChI=1S/C55H47N3/c1-38-15-6-20-43(33-38)56(44-21-7-16-39(2)34-44)52-29-11-27-50-48(52)25-13-31-54(50)58(47-24-10-19-42(5)37-47)55-32-14-26-49-51(55)28-12-30-53(49)57(45-22-8-17-40(3)35-45)46-23-9-18-41(4)36-46/h6-37H,1-5H3. The second kappa shape index (κ2) is 15.4. The van der Waals surface area contributed by atoms with Gasteiger partial charge in [-0.25, -0.2) is 0 Å². The molecule has 0 unspecified atom stereocenters. The first kappa shape index (κ1) is 36.5. The van der Waals surface area contributed by atoms with Crippen molar-refractivity contribution in [2.24, 2.45) is 0 Å². The summed E-state index contributed by atoms with van der Waals surface area (Å²) in [6.07, 6.45) is 0. The van der Waals surface area contributed by atoms with Crippen LogP contribution in [0.4, 0.5) is 51.2 Å². The zero-order valence-electron chi connectivity index (χ0n) is 33.8. The maximum atomic E-state index is 2.46. The third-order valence-corrected chi connectivity index (χ3v) is 11.0. The fourth-order valence-electron chi connectivity index (χ4n) is 8.43. The number of benzene rings is 9. The Morgan fingerprint density at radius 2 is 0.431 bits per heavy atom. The van der Waals surface area contributed by atoms with Gasteiger partial charge in [0.15, 0.2) is 0 Å². The van der Waals surface area contributed by atoms with Crippen LogP contribution in [0.15, 0.2) is 194 Å².